The normalized spacial score (nSPS) is 26.8. The van der Waals surface area contributed by atoms with Crippen molar-refractivity contribution in [3.63, 3.8) is 0 Å². The van der Waals surface area contributed by atoms with Crippen LogP contribution in [0, 0.1) is 5.92 Å². The van der Waals surface area contributed by atoms with E-state index in [4.69, 9.17) is 16.3 Å². The molecule has 1 heterocycles. The monoisotopic (exact) mass is 350 g/mol. The summed E-state index contributed by atoms with van der Waals surface area (Å²) in [6, 6.07) is 6.87. The Labute approximate surface area is 147 Å². The number of nitrogens with zero attached hydrogens (tertiary/aromatic N) is 1. The fourth-order valence-electron chi connectivity index (χ4n) is 3.64. The van der Waals surface area contributed by atoms with Gasteiger partial charge in [0.1, 0.15) is 11.3 Å². The molecule has 5 nitrogen and oxygen atoms in total. The van der Waals surface area contributed by atoms with Gasteiger partial charge in [-0.2, -0.15) is 0 Å². The van der Waals surface area contributed by atoms with Crippen molar-refractivity contribution in [2.24, 2.45) is 5.92 Å². The molecule has 0 radical (unpaired) electrons. The van der Waals surface area contributed by atoms with Crippen molar-refractivity contribution in [2.75, 3.05) is 13.2 Å². The number of nitrogens with one attached hydrogen (secondary N) is 1. The van der Waals surface area contributed by atoms with Crippen molar-refractivity contribution in [1.29, 1.82) is 0 Å². The number of carbonyl (C=O) groups is 2. The number of benzene rings is 1. The van der Waals surface area contributed by atoms with Crippen LogP contribution >= 0.6 is 11.6 Å². The summed E-state index contributed by atoms with van der Waals surface area (Å²) in [6.45, 7) is 2.89. The number of rotatable bonds is 5. The molecule has 0 bridgehead atoms. The number of urea groups is 1. The number of amides is 3. The highest BCUT2D eigenvalue weighted by molar-refractivity contribution is 6.30. The molecule has 1 aromatic rings. The van der Waals surface area contributed by atoms with Crippen LogP contribution in [0.5, 0.6) is 5.75 Å². The van der Waals surface area contributed by atoms with Crippen LogP contribution in [-0.4, -0.2) is 35.5 Å². The first-order valence-electron chi connectivity index (χ1n) is 8.55. The van der Waals surface area contributed by atoms with Crippen molar-refractivity contribution in [3.05, 3.63) is 29.3 Å². The maximum atomic E-state index is 12.8. The third-order valence-electron chi connectivity index (χ3n) is 5.11. The van der Waals surface area contributed by atoms with Crippen LogP contribution in [0.3, 0.4) is 0 Å². The van der Waals surface area contributed by atoms with Gasteiger partial charge in [-0.05, 0) is 49.4 Å². The quantitative estimate of drug-likeness (QED) is 0.652. The summed E-state index contributed by atoms with van der Waals surface area (Å²) < 4.78 is 5.62. The summed E-state index contributed by atoms with van der Waals surface area (Å²) in [7, 11) is 0. The summed E-state index contributed by atoms with van der Waals surface area (Å²) in [6.07, 6.45) is 4.45. The molecule has 1 saturated carbocycles. The maximum absolute atomic E-state index is 12.8. The molecule has 1 saturated heterocycles. The summed E-state index contributed by atoms with van der Waals surface area (Å²) in [5, 5.41) is 3.63. The zero-order valence-corrected chi connectivity index (χ0v) is 14.6. The van der Waals surface area contributed by atoms with Crippen LogP contribution in [0.1, 0.15) is 39.0 Å². The van der Waals surface area contributed by atoms with Gasteiger partial charge in [-0.3, -0.25) is 9.69 Å². The molecule has 130 valence electrons. The lowest BCUT2D eigenvalue weighted by Crippen LogP contribution is -2.53. The number of imide groups is 1. The van der Waals surface area contributed by atoms with Crippen LogP contribution in [0.4, 0.5) is 4.79 Å². The second-order valence-corrected chi connectivity index (χ2v) is 7.10. The molecule has 1 aliphatic heterocycles. The highest BCUT2D eigenvalue weighted by atomic mass is 35.5. The molecule has 1 N–H and O–H groups in total. The Morgan fingerprint density at radius 3 is 2.75 bits per heavy atom. The predicted octanol–water partition coefficient (Wildman–Crippen LogP) is 3.61. The zero-order chi connectivity index (χ0) is 17.2. The standard InChI is InChI=1S/C18H23ClN2O3/c1-13-5-2-3-10-18(13)16(22)21(17(23)20-18)11-4-12-24-15-8-6-14(19)7-9-15/h6-9,13H,2-5,10-12H2,1H3,(H,20,23)/t13-,18-/m1/s1. The highest BCUT2D eigenvalue weighted by Gasteiger charge is 2.54. The van der Waals surface area contributed by atoms with E-state index in [1.54, 1.807) is 24.3 Å². The van der Waals surface area contributed by atoms with Gasteiger partial charge in [-0.15, -0.1) is 0 Å². The molecule has 2 aliphatic rings. The van der Waals surface area contributed by atoms with E-state index in [0.717, 1.165) is 31.4 Å². The van der Waals surface area contributed by atoms with Crippen molar-refractivity contribution in [3.8, 4) is 5.75 Å². The Kier molecular flexibility index (Phi) is 4.99. The van der Waals surface area contributed by atoms with E-state index in [9.17, 15) is 9.59 Å². The third kappa shape index (κ3) is 3.22. The molecule has 1 aromatic carbocycles. The van der Waals surface area contributed by atoms with Crippen molar-refractivity contribution < 1.29 is 14.3 Å². The van der Waals surface area contributed by atoms with Crippen LogP contribution in [0.25, 0.3) is 0 Å². The van der Waals surface area contributed by atoms with Gasteiger partial charge in [0.2, 0.25) is 0 Å². The summed E-state index contributed by atoms with van der Waals surface area (Å²) in [4.78, 5) is 26.4. The molecule has 1 spiro atoms. The number of carbonyl (C=O) groups excluding carboxylic acids is 2. The van der Waals surface area contributed by atoms with Gasteiger partial charge in [-0.25, -0.2) is 4.79 Å². The topological polar surface area (TPSA) is 58.6 Å². The molecule has 2 atom stereocenters. The van der Waals surface area contributed by atoms with Crippen molar-refractivity contribution in [2.45, 2.75) is 44.6 Å². The van der Waals surface area contributed by atoms with E-state index in [1.165, 1.54) is 4.90 Å². The predicted molar refractivity (Wildman–Crippen MR) is 92.2 cm³/mol. The zero-order valence-electron chi connectivity index (χ0n) is 13.9. The molecule has 6 heteroatoms. The third-order valence-corrected chi connectivity index (χ3v) is 5.36. The molecule has 0 unspecified atom stereocenters. The fraction of sp³-hybridized carbons (Fsp3) is 0.556. The number of ether oxygens (including phenoxy) is 1. The molecule has 1 aliphatic carbocycles. The van der Waals surface area contributed by atoms with E-state index in [-0.39, 0.29) is 17.9 Å². The van der Waals surface area contributed by atoms with Gasteiger partial charge >= 0.3 is 6.03 Å². The number of hydrogen-bond acceptors (Lipinski definition) is 3. The molecule has 3 amide bonds. The van der Waals surface area contributed by atoms with Crippen LogP contribution in [-0.2, 0) is 4.79 Å². The lowest BCUT2D eigenvalue weighted by molar-refractivity contribution is -0.134. The Balaban J connectivity index is 1.53. The van der Waals surface area contributed by atoms with Gasteiger partial charge in [0.15, 0.2) is 0 Å². The lowest BCUT2D eigenvalue weighted by atomic mass is 9.73. The Bertz CT molecular complexity index is 619. The summed E-state index contributed by atoms with van der Waals surface area (Å²) in [5.74, 6) is 0.859. The number of halogens is 1. The van der Waals surface area contributed by atoms with E-state index in [1.807, 2.05) is 0 Å². The van der Waals surface area contributed by atoms with E-state index in [0.29, 0.717) is 24.6 Å². The Hall–Kier alpha value is -1.75. The molecular weight excluding hydrogens is 328 g/mol. The average Bonchev–Trinajstić information content (AvgIpc) is 2.80. The van der Waals surface area contributed by atoms with Crippen LogP contribution in [0.2, 0.25) is 5.02 Å². The van der Waals surface area contributed by atoms with Gasteiger partial charge < -0.3 is 10.1 Å². The first kappa shape index (κ1) is 17.1. The largest absolute Gasteiger partial charge is 0.494 e. The molecular formula is C18H23ClN2O3. The highest BCUT2D eigenvalue weighted by Crippen LogP contribution is 2.38. The van der Waals surface area contributed by atoms with Gasteiger partial charge in [0, 0.05) is 11.6 Å². The second-order valence-electron chi connectivity index (χ2n) is 6.66. The molecule has 3 rings (SSSR count). The van der Waals surface area contributed by atoms with Crippen molar-refractivity contribution in [1.82, 2.24) is 10.2 Å². The van der Waals surface area contributed by atoms with Crippen LogP contribution in [0.15, 0.2) is 24.3 Å². The van der Waals surface area contributed by atoms with Gasteiger partial charge in [0.05, 0.1) is 6.61 Å². The summed E-state index contributed by atoms with van der Waals surface area (Å²) >= 11 is 5.83. The lowest BCUT2D eigenvalue weighted by Gasteiger charge is -2.36. The van der Waals surface area contributed by atoms with Gasteiger partial charge in [0.25, 0.3) is 5.91 Å². The minimum Gasteiger partial charge on any atom is -0.494 e. The minimum atomic E-state index is -0.674. The smallest absolute Gasteiger partial charge is 0.325 e. The first-order chi connectivity index (χ1) is 11.5. The van der Waals surface area contributed by atoms with Gasteiger partial charge in [-0.1, -0.05) is 31.4 Å². The van der Waals surface area contributed by atoms with Crippen molar-refractivity contribution >= 4 is 23.5 Å². The number of hydrogen-bond donors (Lipinski definition) is 1. The molecule has 24 heavy (non-hydrogen) atoms. The van der Waals surface area contributed by atoms with E-state index >= 15 is 0 Å². The Morgan fingerprint density at radius 1 is 1.29 bits per heavy atom. The SMILES string of the molecule is C[C@@H]1CCCC[C@@]12NC(=O)N(CCCOc1ccc(Cl)cc1)C2=O. The summed E-state index contributed by atoms with van der Waals surface area (Å²) in [5.41, 5.74) is -0.674. The van der Waals surface area contributed by atoms with E-state index < -0.39 is 5.54 Å². The molecule has 2 fully saturated rings. The van der Waals surface area contributed by atoms with Crippen LogP contribution < -0.4 is 10.1 Å². The fourth-order valence-corrected chi connectivity index (χ4v) is 3.77. The average molecular weight is 351 g/mol. The minimum absolute atomic E-state index is 0.0637. The first-order valence-corrected chi connectivity index (χ1v) is 8.93. The van der Waals surface area contributed by atoms with E-state index in [2.05, 4.69) is 12.2 Å². The molecule has 0 aromatic heterocycles. The maximum Gasteiger partial charge on any atom is 0.325 e. The Morgan fingerprint density at radius 2 is 2.04 bits per heavy atom. The second kappa shape index (κ2) is 7.01.